The highest BCUT2D eigenvalue weighted by Crippen LogP contribution is 2.37. The van der Waals surface area contributed by atoms with Gasteiger partial charge in [-0.1, -0.05) is 19.4 Å². The number of carboxylic acid groups (broad SMARTS) is 1. The van der Waals surface area contributed by atoms with Gasteiger partial charge in [0, 0.05) is 0 Å². The average Bonchev–Trinajstić information content (AvgIpc) is 2.49. The highest BCUT2D eigenvalue weighted by molar-refractivity contribution is 5.83. The average molecular weight is 286 g/mol. The van der Waals surface area contributed by atoms with Gasteiger partial charge in [-0.3, -0.25) is 0 Å². The lowest BCUT2D eigenvalue weighted by molar-refractivity contribution is -0.143. The lowest BCUT2D eigenvalue weighted by Crippen LogP contribution is -2.49. The van der Waals surface area contributed by atoms with Crippen LogP contribution in [0, 0.1) is 24.2 Å². The molecule has 4 heteroatoms. The molecule has 21 heavy (non-hydrogen) atoms. The summed E-state index contributed by atoms with van der Waals surface area (Å²) in [6.45, 7) is 4.07. The van der Waals surface area contributed by atoms with E-state index in [1.165, 1.54) is 0 Å². The van der Waals surface area contributed by atoms with Crippen LogP contribution in [-0.4, -0.2) is 16.6 Å². The zero-order valence-electron chi connectivity index (χ0n) is 12.6. The first-order valence-corrected chi connectivity index (χ1v) is 7.53. The van der Waals surface area contributed by atoms with Gasteiger partial charge in [0.1, 0.15) is 11.6 Å². The van der Waals surface area contributed by atoms with Crippen LogP contribution in [0.5, 0.6) is 0 Å². The molecule has 0 amide bonds. The zero-order chi connectivity index (χ0) is 15.5. The Kier molecular flexibility index (Phi) is 4.52. The number of aryl methyl sites for hydroxylation is 1. The summed E-state index contributed by atoms with van der Waals surface area (Å²) in [7, 11) is 0. The molecule has 0 aliphatic heterocycles. The predicted molar refractivity (Wildman–Crippen MR) is 82.1 cm³/mol. The van der Waals surface area contributed by atoms with Gasteiger partial charge in [0.25, 0.3) is 0 Å². The first-order valence-electron chi connectivity index (χ1n) is 7.53. The van der Waals surface area contributed by atoms with E-state index >= 15 is 0 Å². The largest absolute Gasteiger partial charge is 0.480 e. The van der Waals surface area contributed by atoms with E-state index in [2.05, 4.69) is 18.3 Å². The lowest BCUT2D eigenvalue weighted by atomic mass is 9.75. The van der Waals surface area contributed by atoms with E-state index in [-0.39, 0.29) is 0 Å². The van der Waals surface area contributed by atoms with Gasteiger partial charge in [-0.25, -0.2) is 4.79 Å². The summed E-state index contributed by atoms with van der Waals surface area (Å²) in [6, 6.07) is 7.64. The maximum Gasteiger partial charge on any atom is 0.329 e. The number of carbonyl (C=O) groups is 1. The van der Waals surface area contributed by atoms with Crippen molar-refractivity contribution in [1.29, 1.82) is 5.26 Å². The lowest BCUT2D eigenvalue weighted by Gasteiger charge is -2.38. The van der Waals surface area contributed by atoms with Gasteiger partial charge in [-0.15, -0.1) is 0 Å². The Bertz CT molecular complexity index is 567. The number of hydrogen-bond donors (Lipinski definition) is 2. The molecule has 1 aromatic rings. The molecular weight excluding hydrogens is 264 g/mol. The Labute approximate surface area is 125 Å². The van der Waals surface area contributed by atoms with Crippen LogP contribution in [0.4, 0.5) is 5.69 Å². The molecule has 1 fully saturated rings. The van der Waals surface area contributed by atoms with Crippen molar-refractivity contribution < 1.29 is 9.90 Å². The molecule has 0 atom stereocenters. The third-order valence-electron chi connectivity index (χ3n) is 4.61. The van der Waals surface area contributed by atoms with E-state index in [0.29, 0.717) is 30.0 Å². The van der Waals surface area contributed by atoms with Crippen LogP contribution in [0.1, 0.15) is 50.2 Å². The number of hydrogen-bond acceptors (Lipinski definition) is 3. The van der Waals surface area contributed by atoms with Crippen LogP contribution in [0.2, 0.25) is 0 Å². The second kappa shape index (κ2) is 6.17. The third kappa shape index (κ3) is 3.18. The first kappa shape index (κ1) is 15.4. The molecule has 4 nitrogen and oxygen atoms in total. The van der Waals surface area contributed by atoms with E-state index in [0.717, 1.165) is 24.8 Å². The molecule has 0 aromatic heterocycles. The molecule has 1 aliphatic carbocycles. The molecule has 0 bridgehead atoms. The summed E-state index contributed by atoms with van der Waals surface area (Å²) in [6.07, 6.45) is 4.16. The number of nitrogens with zero attached hydrogens (tertiary/aromatic N) is 1. The molecule has 2 N–H and O–H groups in total. The Morgan fingerprint density at radius 1 is 1.48 bits per heavy atom. The van der Waals surface area contributed by atoms with Gasteiger partial charge >= 0.3 is 5.97 Å². The number of nitrogens with one attached hydrogen (secondary N) is 1. The molecule has 0 saturated heterocycles. The van der Waals surface area contributed by atoms with E-state index in [9.17, 15) is 15.2 Å². The summed E-state index contributed by atoms with van der Waals surface area (Å²) in [5, 5.41) is 22.1. The van der Waals surface area contributed by atoms with E-state index in [4.69, 9.17) is 0 Å². The Balaban J connectivity index is 2.26. The van der Waals surface area contributed by atoms with Crippen molar-refractivity contribution in [2.24, 2.45) is 5.92 Å². The molecule has 1 aliphatic rings. The Morgan fingerprint density at radius 3 is 2.67 bits per heavy atom. The topological polar surface area (TPSA) is 73.1 Å². The van der Waals surface area contributed by atoms with Crippen molar-refractivity contribution in [3.8, 4) is 6.07 Å². The van der Waals surface area contributed by atoms with Crippen LogP contribution in [0.15, 0.2) is 18.2 Å². The quantitative estimate of drug-likeness (QED) is 0.885. The number of carboxylic acids is 1. The van der Waals surface area contributed by atoms with E-state index in [1.54, 1.807) is 6.07 Å². The molecule has 112 valence electrons. The van der Waals surface area contributed by atoms with Crippen LogP contribution in [0.3, 0.4) is 0 Å². The van der Waals surface area contributed by atoms with Gasteiger partial charge < -0.3 is 10.4 Å². The summed E-state index contributed by atoms with van der Waals surface area (Å²) in [5.41, 5.74) is 1.19. The Hall–Kier alpha value is -2.02. The van der Waals surface area contributed by atoms with E-state index in [1.807, 2.05) is 19.1 Å². The van der Waals surface area contributed by atoms with Crippen LogP contribution in [0.25, 0.3) is 0 Å². The highest BCUT2D eigenvalue weighted by atomic mass is 16.4. The zero-order valence-corrected chi connectivity index (χ0v) is 12.6. The molecule has 1 saturated carbocycles. The fourth-order valence-electron chi connectivity index (χ4n) is 3.09. The second-order valence-electron chi connectivity index (χ2n) is 6.02. The van der Waals surface area contributed by atoms with Crippen molar-refractivity contribution in [3.63, 3.8) is 0 Å². The SMILES string of the molecule is CCC1CCC(Nc2ccc(C)cc2C#N)(C(=O)O)CC1. The molecule has 0 heterocycles. The molecular formula is C17H22N2O2. The molecule has 1 aromatic carbocycles. The predicted octanol–water partition coefficient (Wildman–Crippen LogP) is 3.70. The molecule has 2 rings (SSSR count). The summed E-state index contributed by atoms with van der Waals surface area (Å²) in [4.78, 5) is 11.8. The van der Waals surface area contributed by atoms with Gasteiger partial charge in [0.05, 0.1) is 11.3 Å². The van der Waals surface area contributed by atoms with Crippen molar-refractivity contribution >= 4 is 11.7 Å². The van der Waals surface area contributed by atoms with Crippen LogP contribution >= 0.6 is 0 Å². The first-order chi connectivity index (χ1) is 10.0. The summed E-state index contributed by atoms with van der Waals surface area (Å²) >= 11 is 0. The monoisotopic (exact) mass is 286 g/mol. The van der Waals surface area contributed by atoms with Gasteiger partial charge in [-0.05, 0) is 56.2 Å². The minimum absolute atomic E-state index is 0.508. The molecule has 0 unspecified atom stereocenters. The molecule has 0 radical (unpaired) electrons. The maximum atomic E-state index is 11.8. The summed E-state index contributed by atoms with van der Waals surface area (Å²) in [5.74, 6) is -0.200. The Morgan fingerprint density at radius 2 is 2.14 bits per heavy atom. The van der Waals surface area contributed by atoms with Crippen molar-refractivity contribution in [1.82, 2.24) is 0 Å². The fraction of sp³-hybridized carbons (Fsp3) is 0.529. The minimum Gasteiger partial charge on any atom is -0.480 e. The second-order valence-corrected chi connectivity index (χ2v) is 6.02. The number of aliphatic carboxylic acids is 1. The summed E-state index contributed by atoms with van der Waals surface area (Å²) < 4.78 is 0. The van der Waals surface area contributed by atoms with Crippen LogP contribution < -0.4 is 5.32 Å². The standard InChI is InChI=1S/C17H22N2O2/c1-3-13-6-8-17(9-7-13,16(20)21)19-15-5-4-12(2)10-14(15)11-18/h4-5,10,13,19H,3,6-9H2,1-2H3,(H,20,21). The molecule has 0 spiro atoms. The number of rotatable bonds is 4. The van der Waals surface area contributed by atoms with Crippen molar-refractivity contribution in [2.75, 3.05) is 5.32 Å². The minimum atomic E-state index is -0.938. The third-order valence-corrected chi connectivity index (χ3v) is 4.61. The van der Waals surface area contributed by atoms with Crippen molar-refractivity contribution in [2.45, 2.75) is 51.5 Å². The van der Waals surface area contributed by atoms with E-state index < -0.39 is 11.5 Å². The van der Waals surface area contributed by atoms with Gasteiger partial charge in [0.2, 0.25) is 0 Å². The van der Waals surface area contributed by atoms with Gasteiger partial charge in [-0.2, -0.15) is 5.26 Å². The fourth-order valence-corrected chi connectivity index (χ4v) is 3.09. The number of anilines is 1. The normalized spacial score (nSPS) is 25.1. The highest BCUT2D eigenvalue weighted by Gasteiger charge is 2.42. The van der Waals surface area contributed by atoms with Crippen molar-refractivity contribution in [3.05, 3.63) is 29.3 Å². The number of benzene rings is 1. The smallest absolute Gasteiger partial charge is 0.329 e. The van der Waals surface area contributed by atoms with Crippen LogP contribution in [-0.2, 0) is 4.79 Å². The maximum absolute atomic E-state index is 11.8. The van der Waals surface area contributed by atoms with Gasteiger partial charge in [0.15, 0.2) is 0 Å². The number of nitriles is 1.